The van der Waals surface area contributed by atoms with Gasteiger partial charge in [0.25, 0.3) is 5.91 Å². The van der Waals surface area contributed by atoms with Gasteiger partial charge in [0, 0.05) is 16.7 Å². The Balaban J connectivity index is 0.00000208. The first-order valence-electron chi connectivity index (χ1n) is 7.99. The van der Waals surface area contributed by atoms with Crippen LogP contribution in [0.2, 0.25) is 0 Å². The van der Waals surface area contributed by atoms with Gasteiger partial charge in [-0.3, -0.25) is 4.79 Å². The number of hydrogen-bond acceptors (Lipinski definition) is 3. The van der Waals surface area contributed by atoms with E-state index >= 15 is 0 Å². The van der Waals surface area contributed by atoms with Crippen LogP contribution in [0, 0.1) is 5.92 Å². The monoisotopic (exact) mass is 412 g/mol. The molecule has 1 aliphatic rings. The number of aromatic nitrogens is 2. The van der Waals surface area contributed by atoms with Gasteiger partial charge in [-0.2, -0.15) is 5.10 Å². The van der Waals surface area contributed by atoms with Crippen LogP contribution in [0.3, 0.4) is 0 Å². The highest BCUT2D eigenvalue weighted by Crippen LogP contribution is 2.24. The Hall–Kier alpha value is -1.37. The summed E-state index contributed by atoms with van der Waals surface area (Å²) in [4.78, 5) is 12.5. The van der Waals surface area contributed by atoms with Crippen molar-refractivity contribution in [1.82, 2.24) is 15.1 Å². The molecule has 1 aromatic carbocycles. The van der Waals surface area contributed by atoms with Gasteiger partial charge in [-0.15, -0.1) is 12.4 Å². The fourth-order valence-corrected chi connectivity index (χ4v) is 3.52. The highest BCUT2D eigenvalue weighted by atomic mass is 79.9. The number of hydrogen-bond donors (Lipinski definition) is 2. The zero-order chi connectivity index (χ0) is 16.2. The summed E-state index contributed by atoms with van der Waals surface area (Å²) in [6.45, 7) is 0.627. The van der Waals surface area contributed by atoms with Crippen LogP contribution >= 0.6 is 28.3 Å². The SMILES string of the molecule is Cl.NCC1CCCCC1NC(=O)c1cnn(-c2cccc(Br)c2)c1. The van der Waals surface area contributed by atoms with E-state index in [2.05, 4.69) is 26.3 Å². The Bertz CT molecular complexity index is 691. The fraction of sp³-hybridized carbons (Fsp3) is 0.412. The molecule has 0 radical (unpaired) electrons. The van der Waals surface area contributed by atoms with Gasteiger partial charge in [0.2, 0.25) is 0 Å². The Kier molecular flexibility index (Phi) is 6.83. The molecule has 1 saturated carbocycles. The van der Waals surface area contributed by atoms with Gasteiger partial charge in [0.1, 0.15) is 0 Å². The van der Waals surface area contributed by atoms with E-state index in [0.29, 0.717) is 18.0 Å². The molecule has 130 valence electrons. The maximum atomic E-state index is 12.5. The number of halogens is 2. The van der Waals surface area contributed by atoms with Crippen molar-refractivity contribution in [3.05, 3.63) is 46.7 Å². The van der Waals surface area contributed by atoms with Crippen molar-refractivity contribution in [2.24, 2.45) is 11.7 Å². The predicted molar refractivity (Wildman–Crippen MR) is 101 cm³/mol. The molecule has 2 unspecified atom stereocenters. The first-order chi connectivity index (χ1) is 11.2. The van der Waals surface area contributed by atoms with E-state index in [-0.39, 0.29) is 24.4 Å². The lowest BCUT2D eigenvalue weighted by Crippen LogP contribution is -2.44. The molecule has 24 heavy (non-hydrogen) atoms. The van der Waals surface area contributed by atoms with Crippen LogP contribution in [0.1, 0.15) is 36.0 Å². The molecule has 0 bridgehead atoms. The molecule has 3 N–H and O–H groups in total. The summed E-state index contributed by atoms with van der Waals surface area (Å²) in [5.74, 6) is 0.310. The third kappa shape index (κ3) is 4.37. The minimum Gasteiger partial charge on any atom is -0.349 e. The number of carbonyl (C=O) groups excluding carboxylic acids is 1. The summed E-state index contributed by atoms with van der Waals surface area (Å²) in [5, 5.41) is 7.42. The third-order valence-corrected chi connectivity index (χ3v) is 4.94. The minimum absolute atomic E-state index is 0. The lowest BCUT2D eigenvalue weighted by atomic mass is 9.84. The van der Waals surface area contributed by atoms with Crippen LogP contribution in [-0.2, 0) is 0 Å². The third-order valence-electron chi connectivity index (χ3n) is 4.45. The molecule has 1 aromatic heterocycles. The van der Waals surface area contributed by atoms with Crippen LogP contribution in [0.25, 0.3) is 5.69 Å². The Morgan fingerprint density at radius 3 is 2.92 bits per heavy atom. The van der Waals surface area contributed by atoms with Crippen molar-refractivity contribution in [2.45, 2.75) is 31.7 Å². The number of nitrogens with zero attached hydrogens (tertiary/aromatic N) is 2. The topological polar surface area (TPSA) is 72.9 Å². The summed E-state index contributed by atoms with van der Waals surface area (Å²) in [6, 6.07) is 7.98. The number of amides is 1. The van der Waals surface area contributed by atoms with Crippen molar-refractivity contribution in [2.75, 3.05) is 6.54 Å². The van der Waals surface area contributed by atoms with Crippen LogP contribution in [0.4, 0.5) is 0 Å². The average molecular weight is 414 g/mol. The Morgan fingerprint density at radius 1 is 1.38 bits per heavy atom. The lowest BCUT2D eigenvalue weighted by molar-refractivity contribution is 0.0908. The summed E-state index contributed by atoms with van der Waals surface area (Å²) >= 11 is 3.44. The number of carbonyl (C=O) groups is 1. The quantitative estimate of drug-likeness (QED) is 0.807. The lowest BCUT2D eigenvalue weighted by Gasteiger charge is -2.31. The van der Waals surface area contributed by atoms with E-state index in [0.717, 1.165) is 29.4 Å². The predicted octanol–water partition coefficient (Wildman–Crippen LogP) is 3.30. The molecule has 2 aromatic rings. The maximum Gasteiger partial charge on any atom is 0.254 e. The van der Waals surface area contributed by atoms with Crippen molar-refractivity contribution in [3.8, 4) is 5.69 Å². The van der Waals surface area contributed by atoms with Crippen molar-refractivity contribution in [3.63, 3.8) is 0 Å². The normalized spacial score (nSPS) is 20.2. The molecule has 7 heteroatoms. The van der Waals surface area contributed by atoms with Gasteiger partial charge in [0.05, 0.1) is 17.4 Å². The molecule has 3 rings (SSSR count). The largest absolute Gasteiger partial charge is 0.349 e. The van der Waals surface area contributed by atoms with Gasteiger partial charge < -0.3 is 11.1 Å². The fourth-order valence-electron chi connectivity index (χ4n) is 3.13. The summed E-state index contributed by atoms with van der Waals surface area (Å²) in [7, 11) is 0. The van der Waals surface area contributed by atoms with Gasteiger partial charge >= 0.3 is 0 Å². The highest BCUT2D eigenvalue weighted by molar-refractivity contribution is 9.10. The van der Waals surface area contributed by atoms with E-state index in [1.165, 1.54) is 6.42 Å². The van der Waals surface area contributed by atoms with Gasteiger partial charge in [-0.25, -0.2) is 4.68 Å². The smallest absolute Gasteiger partial charge is 0.254 e. The second-order valence-corrected chi connectivity index (χ2v) is 6.93. The van der Waals surface area contributed by atoms with E-state index in [1.54, 1.807) is 17.1 Å². The molecule has 0 spiro atoms. The average Bonchev–Trinajstić information content (AvgIpc) is 3.05. The number of nitrogens with one attached hydrogen (secondary N) is 1. The standard InChI is InChI=1S/C17H21BrN4O.ClH/c18-14-5-3-6-15(8-14)22-11-13(10-20-22)17(23)21-16-7-2-1-4-12(16)9-19;/h3,5-6,8,10-12,16H,1-2,4,7,9,19H2,(H,21,23);1H. The Labute approximate surface area is 156 Å². The minimum atomic E-state index is -0.0726. The van der Waals surface area contributed by atoms with Gasteiger partial charge in [-0.1, -0.05) is 34.8 Å². The first kappa shape index (κ1) is 19.0. The molecule has 1 fully saturated rings. The van der Waals surface area contributed by atoms with Crippen LogP contribution in [-0.4, -0.2) is 28.3 Å². The van der Waals surface area contributed by atoms with E-state index in [1.807, 2.05) is 24.3 Å². The van der Waals surface area contributed by atoms with Crippen LogP contribution in [0.5, 0.6) is 0 Å². The van der Waals surface area contributed by atoms with Crippen LogP contribution < -0.4 is 11.1 Å². The zero-order valence-electron chi connectivity index (χ0n) is 13.3. The van der Waals surface area contributed by atoms with Gasteiger partial charge in [0.15, 0.2) is 0 Å². The molecule has 1 amide bonds. The summed E-state index contributed by atoms with van der Waals surface area (Å²) in [6.07, 6.45) is 7.83. The number of benzene rings is 1. The second-order valence-electron chi connectivity index (χ2n) is 6.01. The molecular weight excluding hydrogens is 392 g/mol. The first-order valence-corrected chi connectivity index (χ1v) is 8.78. The second kappa shape index (κ2) is 8.65. The zero-order valence-corrected chi connectivity index (χ0v) is 15.7. The van der Waals surface area contributed by atoms with Gasteiger partial charge in [-0.05, 0) is 43.5 Å². The van der Waals surface area contributed by atoms with Crippen molar-refractivity contribution < 1.29 is 4.79 Å². The molecule has 0 aliphatic heterocycles. The van der Waals surface area contributed by atoms with Crippen molar-refractivity contribution in [1.29, 1.82) is 0 Å². The Morgan fingerprint density at radius 2 is 2.17 bits per heavy atom. The number of nitrogens with two attached hydrogens (primary N) is 1. The molecule has 1 heterocycles. The molecule has 2 atom stereocenters. The maximum absolute atomic E-state index is 12.5. The molecule has 0 saturated heterocycles. The summed E-state index contributed by atoms with van der Waals surface area (Å²) < 4.78 is 2.69. The highest BCUT2D eigenvalue weighted by Gasteiger charge is 2.26. The van der Waals surface area contributed by atoms with E-state index in [9.17, 15) is 4.79 Å². The van der Waals surface area contributed by atoms with Crippen molar-refractivity contribution >= 4 is 34.2 Å². The molecular formula is C17H22BrClN4O. The molecule has 5 nitrogen and oxygen atoms in total. The molecule has 1 aliphatic carbocycles. The van der Waals surface area contributed by atoms with E-state index in [4.69, 9.17) is 5.73 Å². The van der Waals surface area contributed by atoms with E-state index < -0.39 is 0 Å². The van der Waals surface area contributed by atoms with Crippen LogP contribution in [0.15, 0.2) is 41.1 Å². The summed E-state index contributed by atoms with van der Waals surface area (Å²) in [5.41, 5.74) is 7.32. The number of rotatable bonds is 4.